The Morgan fingerprint density at radius 2 is 1.86 bits per heavy atom. The second-order valence-corrected chi connectivity index (χ2v) is 9.41. The van der Waals surface area contributed by atoms with Gasteiger partial charge in [-0.3, -0.25) is 9.69 Å². The van der Waals surface area contributed by atoms with Crippen molar-refractivity contribution in [1.29, 1.82) is 0 Å². The van der Waals surface area contributed by atoms with Gasteiger partial charge in [-0.15, -0.1) is 0 Å². The number of hydrogen-bond donors (Lipinski definition) is 0. The van der Waals surface area contributed by atoms with Crippen LogP contribution in [0.1, 0.15) is 27.9 Å². The molecule has 2 heterocycles. The molecule has 176 valence electrons. The summed E-state index contributed by atoms with van der Waals surface area (Å²) in [5.74, 6) is 1.25. The fourth-order valence-corrected chi connectivity index (χ4v) is 4.97. The van der Waals surface area contributed by atoms with Crippen molar-refractivity contribution in [3.63, 3.8) is 0 Å². The predicted octanol–water partition coefficient (Wildman–Crippen LogP) is 6.64. The summed E-state index contributed by atoms with van der Waals surface area (Å²) in [6.45, 7) is 5.47. The van der Waals surface area contributed by atoms with Crippen LogP contribution in [0.5, 0.6) is 11.5 Å². The number of thiazole rings is 1. The van der Waals surface area contributed by atoms with Gasteiger partial charge in [0.25, 0.3) is 5.91 Å². The Kier molecular flexibility index (Phi) is 6.59. The summed E-state index contributed by atoms with van der Waals surface area (Å²) in [5.41, 5.74) is 3.86. The lowest BCUT2D eigenvalue weighted by molar-refractivity contribution is 0.0986. The minimum Gasteiger partial charge on any atom is -0.457 e. The number of carbonyl (C=O) groups excluding carboxylic acids is 1. The van der Waals surface area contributed by atoms with E-state index >= 15 is 0 Å². The molecule has 35 heavy (non-hydrogen) atoms. The van der Waals surface area contributed by atoms with Crippen LogP contribution >= 0.6 is 11.3 Å². The maximum Gasteiger partial charge on any atom is 0.260 e. The summed E-state index contributed by atoms with van der Waals surface area (Å²) < 4.78 is 9.06. The topological polar surface area (TPSA) is 60.2 Å². The van der Waals surface area contributed by atoms with Crippen molar-refractivity contribution in [3.05, 3.63) is 102 Å². The molecule has 0 aliphatic carbocycles. The summed E-state index contributed by atoms with van der Waals surface area (Å²) in [7, 11) is 0. The molecule has 0 radical (unpaired) electrons. The number of rotatable bonds is 8. The lowest BCUT2D eigenvalue weighted by atomic mass is 10.1. The Hall–Kier alpha value is -3.97. The number of anilines is 1. The number of hydrogen-bond acceptors (Lipinski definition) is 5. The standard InChI is InChI=1S/C28H26N4O2S/c1-20-12-13-25-26(21(20)2)30-28(35-25)32(16-7-15-31-17-14-29-19-31)27(33)22-8-6-11-24(18-22)34-23-9-4-3-5-10-23/h3-6,8-14,17-19H,7,15-16H2,1-2H3. The van der Waals surface area contributed by atoms with Crippen LogP contribution in [0.15, 0.2) is 85.5 Å². The van der Waals surface area contributed by atoms with E-state index in [1.807, 2.05) is 59.3 Å². The van der Waals surface area contributed by atoms with E-state index in [0.29, 0.717) is 23.0 Å². The van der Waals surface area contributed by atoms with Crippen molar-refractivity contribution in [1.82, 2.24) is 14.5 Å². The van der Waals surface area contributed by atoms with Gasteiger partial charge in [0.05, 0.1) is 16.5 Å². The molecule has 0 N–H and O–H groups in total. The number of para-hydroxylation sites is 1. The first-order valence-electron chi connectivity index (χ1n) is 11.6. The molecule has 0 saturated carbocycles. The molecule has 0 aliphatic heterocycles. The normalized spacial score (nSPS) is 11.0. The first kappa shape index (κ1) is 22.8. The van der Waals surface area contributed by atoms with Gasteiger partial charge < -0.3 is 9.30 Å². The predicted molar refractivity (Wildman–Crippen MR) is 141 cm³/mol. The Balaban J connectivity index is 1.44. The number of imidazole rings is 1. The summed E-state index contributed by atoms with van der Waals surface area (Å²) >= 11 is 1.55. The molecular weight excluding hydrogens is 456 g/mol. The van der Waals surface area contributed by atoms with E-state index in [9.17, 15) is 4.79 Å². The quantitative estimate of drug-likeness (QED) is 0.249. The van der Waals surface area contributed by atoms with E-state index in [1.54, 1.807) is 34.8 Å². The molecule has 0 saturated heterocycles. The average Bonchev–Trinajstić information content (AvgIpc) is 3.55. The number of nitrogens with zero attached hydrogens (tertiary/aromatic N) is 4. The molecule has 0 atom stereocenters. The fraction of sp³-hybridized carbons (Fsp3) is 0.179. The lowest BCUT2D eigenvalue weighted by Crippen LogP contribution is -2.32. The second kappa shape index (κ2) is 10.1. The highest BCUT2D eigenvalue weighted by molar-refractivity contribution is 7.22. The molecule has 0 bridgehead atoms. The van der Waals surface area contributed by atoms with Crippen LogP contribution < -0.4 is 9.64 Å². The smallest absolute Gasteiger partial charge is 0.260 e. The Bertz CT molecular complexity index is 1440. The zero-order chi connectivity index (χ0) is 24.2. The zero-order valence-corrected chi connectivity index (χ0v) is 20.5. The van der Waals surface area contributed by atoms with E-state index in [-0.39, 0.29) is 5.91 Å². The van der Waals surface area contributed by atoms with E-state index in [0.717, 1.165) is 34.5 Å². The van der Waals surface area contributed by atoms with E-state index in [4.69, 9.17) is 9.72 Å². The van der Waals surface area contributed by atoms with Crippen molar-refractivity contribution in [2.75, 3.05) is 11.4 Å². The number of ether oxygens (including phenoxy) is 1. The summed E-state index contributed by atoms with van der Waals surface area (Å²) in [6, 6.07) is 21.1. The number of fused-ring (bicyclic) bond motifs is 1. The van der Waals surface area contributed by atoms with Gasteiger partial charge in [0.15, 0.2) is 5.13 Å². The van der Waals surface area contributed by atoms with Crippen LogP contribution in [0.4, 0.5) is 5.13 Å². The lowest BCUT2D eigenvalue weighted by Gasteiger charge is -2.20. The van der Waals surface area contributed by atoms with Crippen LogP contribution in [0.25, 0.3) is 10.2 Å². The number of carbonyl (C=O) groups is 1. The molecule has 0 spiro atoms. The molecule has 7 heteroatoms. The van der Waals surface area contributed by atoms with Gasteiger partial charge in [0.2, 0.25) is 0 Å². The maximum absolute atomic E-state index is 13.8. The summed E-state index contributed by atoms with van der Waals surface area (Å²) in [5, 5.41) is 0.707. The highest BCUT2D eigenvalue weighted by atomic mass is 32.1. The van der Waals surface area contributed by atoms with E-state index in [2.05, 4.69) is 31.0 Å². The Morgan fingerprint density at radius 3 is 2.66 bits per heavy atom. The van der Waals surface area contributed by atoms with Crippen molar-refractivity contribution in [3.8, 4) is 11.5 Å². The summed E-state index contributed by atoms with van der Waals surface area (Å²) in [4.78, 5) is 24.6. The number of aromatic nitrogens is 3. The van der Waals surface area contributed by atoms with Gasteiger partial charge in [-0.2, -0.15) is 0 Å². The van der Waals surface area contributed by atoms with Crippen LogP contribution in [0, 0.1) is 13.8 Å². The third-order valence-electron chi connectivity index (χ3n) is 5.97. The van der Waals surface area contributed by atoms with Crippen molar-refractivity contribution >= 4 is 32.6 Å². The van der Waals surface area contributed by atoms with Crippen LogP contribution in [-0.4, -0.2) is 27.0 Å². The molecule has 2 aromatic heterocycles. The molecular formula is C28H26N4O2S. The third kappa shape index (κ3) is 5.10. The molecule has 5 aromatic rings. The van der Waals surface area contributed by atoms with Crippen molar-refractivity contribution in [2.45, 2.75) is 26.8 Å². The Morgan fingerprint density at radius 1 is 1.03 bits per heavy atom. The van der Waals surface area contributed by atoms with Gasteiger partial charge in [-0.1, -0.05) is 41.7 Å². The molecule has 6 nitrogen and oxygen atoms in total. The molecule has 1 amide bonds. The van der Waals surface area contributed by atoms with Crippen molar-refractivity contribution < 1.29 is 9.53 Å². The fourth-order valence-electron chi connectivity index (χ4n) is 3.92. The minimum atomic E-state index is -0.0948. The first-order chi connectivity index (χ1) is 17.1. The second-order valence-electron chi connectivity index (χ2n) is 8.40. The molecule has 0 fully saturated rings. The minimum absolute atomic E-state index is 0.0948. The third-order valence-corrected chi connectivity index (χ3v) is 7.01. The molecule has 3 aromatic carbocycles. The first-order valence-corrected chi connectivity index (χ1v) is 12.4. The van der Waals surface area contributed by atoms with Crippen LogP contribution in [0.2, 0.25) is 0 Å². The Labute approximate surface area is 208 Å². The highest BCUT2D eigenvalue weighted by Crippen LogP contribution is 2.33. The molecule has 0 unspecified atom stereocenters. The monoisotopic (exact) mass is 482 g/mol. The maximum atomic E-state index is 13.8. The van der Waals surface area contributed by atoms with Gasteiger partial charge in [-0.25, -0.2) is 9.97 Å². The largest absolute Gasteiger partial charge is 0.457 e. The van der Waals surface area contributed by atoms with E-state index in [1.165, 1.54) is 5.56 Å². The van der Waals surface area contributed by atoms with Crippen molar-refractivity contribution in [2.24, 2.45) is 0 Å². The number of aryl methyl sites for hydroxylation is 3. The average molecular weight is 483 g/mol. The van der Waals surface area contributed by atoms with Gasteiger partial charge in [-0.05, 0) is 67.8 Å². The zero-order valence-electron chi connectivity index (χ0n) is 19.7. The SMILES string of the molecule is Cc1ccc2sc(N(CCCn3ccnc3)C(=O)c3cccc(Oc4ccccc4)c3)nc2c1C. The summed E-state index contributed by atoms with van der Waals surface area (Å²) in [6.07, 6.45) is 6.26. The van der Waals surface area contributed by atoms with Crippen LogP contribution in [0.3, 0.4) is 0 Å². The molecule has 5 rings (SSSR count). The van der Waals surface area contributed by atoms with Gasteiger partial charge in [0, 0.05) is 31.0 Å². The highest BCUT2D eigenvalue weighted by Gasteiger charge is 2.22. The molecule has 0 aliphatic rings. The van der Waals surface area contributed by atoms with Crippen LogP contribution in [-0.2, 0) is 6.54 Å². The number of benzene rings is 3. The van der Waals surface area contributed by atoms with E-state index < -0.39 is 0 Å². The van der Waals surface area contributed by atoms with Gasteiger partial charge >= 0.3 is 0 Å². The van der Waals surface area contributed by atoms with Gasteiger partial charge in [0.1, 0.15) is 11.5 Å². The number of amides is 1.